The standard InChI is InChI=1S/C16H26N5O2P/c1-10-8-17-15(19-10)18-9-12(13-20-11(2)14(22)21-13)24(23)7-5-6-16(24,3)4/h8,12,22H,5-7,9H2,1-4H3,(H,20,21)(H2,17,18,19). The molecular weight excluding hydrogens is 325 g/mol. The lowest BCUT2D eigenvalue weighted by Gasteiger charge is -2.33. The maximum Gasteiger partial charge on any atom is 0.211 e. The molecule has 1 fully saturated rings. The summed E-state index contributed by atoms with van der Waals surface area (Å²) in [6, 6.07) is 0. The number of H-pyrrole nitrogens is 2. The highest BCUT2D eigenvalue weighted by molar-refractivity contribution is 7.66. The van der Waals surface area contributed by atoms with E-state index >= 15 is 0 Å². The molecule has 2 aromatic rings. The van der Waals surface area contributed by atoms with E-state index in [4.69, 9.17) is 0 Å². The number of hydrogen-bond acceptors (Lipinski definition) is 5. The van der Waals surface area contributed by atoms with Crippen molar-refractivity contribution in [1.82, 2.24) is 19.9 Å². The predicted molar refractivity (Wildman–Crippen MR) is 95.3 cm³/mol. The molecule has 2 aromatic heterocycles. The average molecular weight is 351 g/mol. The summed E-state index contributed by atoms with van der Waals surface area (Å²) in [7, 11) is -2.55. The second-order valence-corrected chi connectivity index (χ2v) is 11.2. The average Bonchev–Trinajstić information content (AvgIpc) is 3.12. The highest BCUT2D eigenvalue weighted by Gasteiger charge is 2.51. The molecule has 3 heterocycles. The van der Waals surface area contributed by atoms with Gasteiger partial charge in [0.05, 0.1) is 17.0 Å². The van der Waals surface area contributed by atoms with Crippen LogP contribution in [0.15, 0.2) is 6.20 Å². The van der Waals surface area contributed by atoms with Gasteiger partial charge >= 0.3 is 0 Å². The second-order valence-electron chi connectivity index (χ2n) is 7.28. The highest BCUT2D eigenvalue weighted by Crippen LogP contribution is 2.72. The van der Waals surface area contributed by atoms with Crippen molar-refractivity contribution < 1.29 is 9.67 Å². The summed E-state index contributed by atoms with van der Waals surface area (Å²) in [4.78, 5) is 14.8. The van der Waals surface area contributed by atoms with Gasteiger partial charge in [-0.2, -0.15) is 0 Å². The molecule has 132 valence electrons. The Morgan fingerprint density at radius 2 is 2.17 bits per heavy atom. The van der Waals surface area contributed by atoms with Crippen molar-refractivity contribution >= 4 is 13.1 Å². The van der Waals surface area contributed by atoms with E-state index in [1.807, 2.05) is 13.1 Å². The third-order valence-corrected chi connectivity index (χ3v) is 9.86. The Morgan fingerprint density at radius 1 is 1.42 bits per heavy atom. The van der Waals surface area contributed by atoms with Gasteiger partial charge in [0.15, 0.2) is 5.95 Å². The van der Waals surface area contributed by atoms with Gasteiger partial charge in [-0.1, -0.05) is 13.8 Å². The van der Waals surface area contributed by atoms with Crippen LogP contribution in [-0.4, -0.2) is 42.9 Å². The molecule has 7 nitrogen and oxygen atoms in total. The topological polar surface area (TPSA) is 107 Å². The largest absolute Gasteiger partial charge is 0.493 e. The normalized spacial score (nSPS) is 24.2. The number of nitrogens with zero attached hydrogens (tertiary/aromatic N) is 2. The molecule has 24 heavy (non-hydrogen) atoms. The minimum absolute atomic E-state index is 0.0486. The molecule has 3 rings (SSSR count). The number of hydrogen-bond donors (Lipinski definition) is 4. The number of nitrogens with one attached hydrogen (secondary N) is 3. The molecule has 0 radical (unpaired) electrons. The molecule has 2 unspecified atom stereocenters. The van der Waals surface area contributed by atoms with Gasteiger partial charge < -0.3 is 25.0 Å². The third kappa shape index (κ3) is 2.86. The minimum Gasteiger partial charge on any atom is -0.493 e. The van der Waals surface area contributed by atoms with Gasteiger partial charge in [-0.25, -0.2) is 9.97 Å². The van der Waals surface area contributed by atoms with E-state index in [1.165, 1.54) is 0 Å². The summed E-state index contributed by atoms with van der Waals surface area (Å²) < 4.78 is 13.9. The lowest BCUT2D eigenvalue weighted by Crippen LogP contribution is -2.24. The summed E-state index contributed by atoms with van der Waals surface area (Å²) in [6.07, 6.45) is 4.45. The third-order valence-electron chi connectivity index (χ3n) is 5.17. The highest BCUT2D eigenvalue weighted by atomic mass is 31.2. The van der Waals surface area contributed by atoms with Crippen LogP contribution in [0.2, 0.25) is 0 Å². The Balaban J connectivity index is 1.93. The molecule has 2 atom stereocenters. The van der Waals surface area contributed by atoms with Crippen molar-refractivity contribution in [2.24, 2.45) is 0 Å². The number of aromatic nitrogens is 4. The van der Waals surface area contributed by atoms with Crippen molar-refractivity contribution in [2.45, 2.75) is 51.4 Å². The van der Waals surface area contributed by atoms with Crippen molar-refractivity contribution in [3.8, 4) is 5.88 Å². The fourth-order valence-electron chi connectivity index (χ4n) is 3.59. The number of rotatable bonds is 5. The Bertz CT molecular complexity index is 760. The lowest BCUT2D eigenvalue weighted by molar-refractivity contribution is 0.451. The fourth-order valence-corrected chi connectivity index (χ4v) is 7.42. The molecular formula is C16H26N5O2P. The summed E-state index contributed by atoms with van der Waals surface area (Å²) in [5.74, 6) is 1.31. The van der Waals surface area contributed by atoms with Crippen molar-refractivity contribution in [2.75, 3.05) is 18.0 Å². The predicted octanol–water partition coefficient (Wildman–Crippen LogP) is 3.54. The smallest absolute Gasteiger partial charge is 0.211 e. The Kier molecular flexibility index (Phi) is 4.24. The maximum atomic E-state index is 13.9. The molecule has 1 saturated heterocycles. The van der Waals surface area contributed by atoms with E-state index in [9.17, 15) is 9.67 Å². The van der Waals surface area contributed by atoms with Gasteiger partial charge in [0.1, 0.15) is 13.0 Å². The fraction of sp³-hybridized carbons (Fsp3) is 0.625. The SMILES string of the molecule is Cc1c[nH]c(NCC(c2nc(C)c(O)[nH]2)P2(=O)CCCC2(C)C)n1. The van der Waals surface area contributed by atoms with Gasteiger partial charge in [-0.15, -0.1) is 0 Å². The quantitative estimate of drug-likeness (QED) is 0.616. The Morgan fingerprint density at radius 3 is 2.67 bits per heavy atom. The van der Waals surface area contributed by atoms with Gasteiger partial charge in [0, 0.05) is 24.1 Å². The van der Waals surface area contributed by atoms with Crippen molar-refractivity contribution in [1.29, 1.82) is 0 Å². The first-order chi connectivity index (χ1) is 11.2. The minimum atomic E-state index is -2.55. The Labute approximate surface area is 142 Å². The van der Waals surface area contributed by atoms with Crippen LogP contribution in [0, 0.1) is 13.8 Å². The van der Waals surface area contributed by atoms with Gasteiger partial charge in [0.2, 0.25) is 5.88 Å². The number of anilines is 1. The zero-order chi connectivity index (χ0) is 17.5. The zero-order valence-electron chi connectivity index (χ0n) is 14.7. The van der Waals surface area contributed by atoms with Crippen molar-refractivity contribution in [3.63, 3.8) is 0 Å². The summed E-state index contributed by atoms with van der Waals surface area (Å²) in [6.45, 7) is 8.28. The van der Waals surface area contributed by atoms with Crippen LogP contribution in [0.4, 0.5) is 5.95 Å². The first-order valence-electron chi connectivity index (χ1n) is 8.33. The number of imidazole rings is 2. The molecule has 1 aliphatic rings. The van der Waals surface area contributed by atoms with E-state index in [0.29, 0.717) is 30.2 Å². The number of aromatic hydroxyl groups is 1. The van der Waals surface area contributed by atoms with E-state index < -0.39 is 7.14 Å². The van der Waals surface area contributed by atoms with Crippen LogP contribution in [-0.2, 0) is 4.57 Å². The van der Waals surface area contributed by atoms with Crippen LogP contribution < -0.4 is 5.32 Å². The molecule has 8 heteroatoms. The Hall–Kier alpha value is -1.75. The van der Waals surface area contributed by atoms with Crippen LogP contribution in [0.5, 0.6) is 5.88 Å². The van der Waals surface area contributed by atoms with Crippen LogP contribution in [0.25, 0.3) is 0 Å². The molecule has 0 amide bonds. The van der Waals surface area contributed by atoms with E-state index in [2.05, 4.69) is 39.1 Å². The molecule has 0 aromatic carbocycles. The van der Waals surface area contributed by atoms with Crippen LogP contribution in [0.3, 0.4) is 0 Å². The molecule has 0 aliphatic carbocycles. The lowest BCUT2D eigenvalue weighted by atomic mass is 10.1. The molecule has 0 bridgehead atoms. The number of aromatic amines is 2. The second kappa shape index (κ2) is 5.96. The molecule has 0 saturated carbocycles. The first kappa shape index (κ1) is 17.1. The monoisotopic (exact) mass is 351 g/mol. The van der Waals surface area contributed by atoms with Crippen molar-refractivity contribution in [3.05, 3.63) is 23.4 Å². The first-order valence-corrected chi connectivity index (χ1v) is 10.3. The number of aryl methyl sites for hydroxylation is 2. The summed E-state index contributed by atoms with van der Waals surface area (Å²) in [5, 5.41) is 12.9. The van der Waals surface area contributed by atoms with Crippen LogP contribution >= 0.6 is 7.14 Å². The van der Waals surface area contributed by atoms with Gasteiger partial charge in [-0.05, 0) is 26.7 Å². The zero-order valence-corrected chi connectivity index (χ0v) is 15.6. The van der Waals surface area contributed by atoms with Gasteiger partial charge in [0.25, 0.3) is 0 Å². The summed E-state index contributed by atoms with van der Waals surface area (Å²) >= 11 is 0. The van der Waals surface area contributed by atoms with E-state index in [1.54, 1.807) is 6.92 Å². The van der Waals surface area contributed by atoms with E-state index in [0.717, 1.165) is 18.5 Å². The summed E-state index contributed by atoms with van der Waals surface area (Å²) in [5.41, 5.74) is 1.15. The molecule has 4 N–H and O–H groups in total. The molecule has 1 aliphatic heterocycles. The maximum absolute atomic E-state index is 13.9. The van der Waals surface area contributed by atoms with Crippen LogP contribution in [0.1, 0.15) is 49.6 Å². The van der Waals surface area contributed by atoms with Gasteiger partial charge in [-0.3, -0.25) is 0 Å². The molecule has 0 spiro atoms. The van der Waals surface area contributed by atoms with E-state index in [-0.39, 0.29) is 16.7 Å².